The van der Waals surface area contributed by atoms with Gasteiger partial charge in [0.15, 0.2) is 16.4 Å². The first kappa shape index (κ1) is 19.2. The van der Waals surface area contributed by atoms with E-state index in [2.05, 4.69) is 4.99 Å². The number of benzene rings is 2. The molecular formula is C18H13ClF2N2O3S. The van der Waals surface area contributed by atoms with Crippen molar-refractivity contribution in [2.24, 2.45) is 4.99 Å². The fourth-order valence-electron chi connectivity index (χ4n) is 2.66. The molecule has 3 rings (SSSR count). The predicted octanol–water partition coefficient (Wildman–Crippen LogP) is 4.41. The van der Waals surface area contributed by atoms with Gasteiger partial charge in [0.05, 0.1) is 15.2 Å². The highest BCUT2D eigenvalue weighted by Crippen LogP contribution is 2.29. The predicted molar refractivity (Wildman–Crippen MR) is 98.0 cm³/mol. The summed E-state index contributed by atoms with van der Waals surface area (Å²) in [6, 6.07) is 6.74. The number of fused-ring (bicyclic) bond motifs is 1. The maximum Gasteiger partial charge on any atom is 0.326 e. The Kier molecular flexibility index (Phi) is 5.38. The molecule has 0 aliphatic rings. The third-order valence-electron chi connectivity index (χ3n) is 3.95. The average molecular weight is 411 g/mol. The number of rotatable bonds is 4. The van der Waals surface area contributed by atoms with Gasteiger partial charge in [-0.15, -0.1) is 0 Å². The third kappa shape index (κ3) is 3.63. The minimum Gasteiger partial charge on any atom is -0.480 e. The van der Waals surface area contributed by atoms with Crippen molar-refractivity contribution >= 4 is 45.0 Å². The number of carboxylic acid groups (broad SMARTS) is 1. The summed E-state index contributed by atoms with van der Waals surface area (Å²) in [6.45, 7) is 1.70. The van der Waals surface area contributed by atoms with Crippen LogP contribution in [0.25, 0.3) is 10.2 Å². The van der Waals surface area contributed by atoms with Crippen LogP contribution in [0.15, 0.2) is 41.4 Å². The van der Waals surface area contributed by atoms with E-state index in [9.17, 15) is 23.5 Å². The second kappa shape index (κ2) is 7.58. The molecule has 0 aliphatic carbocycles. The highest BCUT2D eigenvalue weighted by Gasteiger charge is 2.23. The standard InChI is InChI=1S/C18H13ClF2N2O3S/c1-2-13(17(25)26)23-14-5-3-4-10(19)15(14)27-18(23)22-16(24)9-6-7-11(20)12(21)8-9/h3-8,13H,2H2,1H3,(H,25,26)/b22-18-. The van der Waals surface area contributed by atoms with Gasteiger partial charge >= 0.3 is 5.97 Å². The summed E-state index contributed by atoms with van der Waals surface area (Å²) in [4.78, 5) is 28.2. The van der Waals surface area contributed by atoms with E-state index in [1.807, 2.05) is 0 Å². The summed E-state index contributed by atoms with van der Waals surface area (Å²) >= 11 is 7.25. The maximum atomic E-state index is 13.4. The van der Waals surface area contributed by atoms with Gasteiger partial charge < -0.3 is 9.67 Å². The monoisotopic (exact) mass is 410 g/mol. The van der Waals surface area contributed by atoms with Gasteiger partial charge in [0.25, 0.3) is 5.91 Å². The van der Waals surface area contributed by atoms with Crippen molar-refractivity contribution in [1.82, 2.24) is 4.57 Å². The zero-order chi connectivity index (χ0) is 19.7. The number of hydrogen-bond acceptors (Lipinski definition) is 3. The zero-order valence-electron chi connectivity index (χ0n) is 13.9. The molecule has 1 unspecified atom stereocenters. The van der Waals surface area contributed by atoms with Gasteiger partial charge in [0.2, 0.25) is 0 Å². The molecule has 1 heterocycles. The van der Waals surface area contributed by atoms with E-state index < -0.39 is 29.6 Å². The second-order valence-electron chi connectivity index (χ2n) is 5.65. The molecule has 0 saturated heterocycles. The minimum atomic E-state index is -1.17. The van der Waals surface area contributed by atoms with Crippen LogP contribution in [0.4, 0.5) is 8.78 Å². The lowest BCUT2D eigenvalue weighted by molar-refractivity contribution is -0.140. The SMILES string of the molecule is CCC(C(=O)O)n1/c(=N/C(=O)c2ccc(F)c(F)c2)sc2c(Cl)cccc21. The normalized spacial score (nSPS) is 13.1. The Morgan fingerprint density at radius 1 is 1.26 bits per heavy atom. The van der Waals surface area contributed by atoms with Crippen LogP contribution < -0.4 is 4.80 Å². The Labute approximate surface area is 161 Å². The first-order chi connectivity index (χ1) is 12.8. The fourth-order valence-corrected chi connectivity index (χ4v) is 4.01. The molecule has 3 aromatic rings. The Bertz CT molecular complexity index is 1120. The van der Waals surface area contributed by atoms with Crippen molar-refractivity contribution in [3.8, 4) is 0 Å². The molecule has 0 fully saturated rings. The van der Waals surface area contributed by atoms with Crippen molar-refractivity contribution in [2.75, 3.05) is 0 Å². The van der Waals surface area contributed by atoms with Crippen LogP contribution in [-0.4, -0.2) is 21.6 Å². The number of aliphatic carboxylic acids is 1. The smallest absolute Gasteiger partial charge is 0.326 e. The molecule has 0 aliphatic heterocycles. The molecule has 0 bridgehead atoms. The summed E-state index contributed by atoms with van der Waals surface area (Å²) in [5.74, 6) is -4.14. The van der Waals surface area contributed by atoms with Gasteiger partial charge in [-0.3, -0.25) is 4.79 Å². The topological polar surface area (TPSA) is 71.7 Å². The molecular weight excluding hydrogens is 398 g/mol. The minimum absolute atomic E-state index is 0.113. The van der Waals surface area contributed by atoms with Gasteiger partial charge in [-0.1, -0.05) is 35.9 Å². The molecule has 0 radical (unpaired) electrons. The summed E-state index contributed by atoms with van der Waals surface area (Å²) in [5, 5.41) is 9.95. The van der Waals surface area contributed by atoms with Crippen LogP contribution in [0.3, 0.4) is 0 Å². The number of aromatic nitrogens is 1. The largest absolute Gasteiger partial charge is 0.480 e. The number of carboxylic acids is 1. The van der Waals surface area contributed by atoms with Crippen LogP contribution >= 0.6 is 22.9 Å². The summed E-state index contributed by atoms with van der Waals surface area (Å²) in [7, 11) is 0. The number of amides is 1. The van der Waals surface area contributed by atoms with Crippen molar-refractivity contribution in [2.45, 2.75) is 19.4 Å². The van der Waals surface area contributed by atoms with E-state index in [0.717, 1.165) is 29.5 Å². The van der Waals surface area contributed by atoms with E-state index in [0.29, 0.717) is 15.2 Å². The Balaban J connectivity index is 2.24. The lowest BCUT2D eigenvalue weighted by atomic mass is 10.2. The molecule has 0 saturated carbocycles. The van der Waals surface area contributed by atoms with Crippen molar-refractivity contribution in [1.29, 1.82) is 0 Å². The Morgan fingerprint density at radius 2 is 2.00 bits per heavy atom. The van der Waals surface area contributed by atoms with Gasteiger partial charge in [-0.05, 0) is 36.8 Å². The van der Waals surface area contributed by atoms with E-state index in [4.69, 9.17) is 11.6 Å². The molecule has 5 nitrogen and oxygen atoms in total. The molecule has 2 aromatic carbocycles. The highest BCUT2D eigenvalue weighted by molar-refractivity contribution is 7.17. The Hall–Kier alpha value is -2.58. The average Bonchev–Trinajstić information content (AvgIpc) is 2.97. The third-order valence-corrected chi connectivity index (χ3v) is 5.48. The number of hydrogen-bond donors (Lipinski definition) is 1. The van der Waals surface area contributed by atoms with E-state index in [1.54, 1.807) is 25.1 Å². The van der Waals surface area contributed by atoms with Crippen LogP contribution in [0.1, 0.15) is 29.7 Å². The molecule has 1 N–H and O–H groups in total. The lowest BCUT2D eigenvalue weighted by Crippen LogP contribution is -2.27. The van der Waals surface area contributed by atoms with E-state index in [1.165, 1.54) is 4.57 Å². The van der Waals surface area contributed by atoms with Gasteiger partial charge in [0, 0.05) is 5.56 Å². The molecule has 0 spiro atoms. The van der Waals surface area contributed by atoms with Crippen molar-refractivity contribution in [3.05, 3.63) is 63.4 Å². The maximum absolute atomic E-state index is 13.4. The summed E-state index contributed by atoms with van der Waals surface area (Å²) in [6.07, 6.45) is 0.250. The van der Waals surface area contributed by atoms with E-state index in [-0.39, 0.29) is 16.8 Å². The van der Waals surface area contributed by atoms with Gasteiger partial charge in [-0.2, -0.15) is 4.99 Å². The highest BCUT2D eigenvalue weighted by atomic mass is 35.5. The van der Waals surface area contributed by atoms with Crippen LogP contribution in [0.5, 0.6) is 0 Å². The molecule has 9 heteroatoms. The lowest BCUT2D eigenvalue weighted by Gasteiger charge is -2.13. The van der Waals surface area contributed by atoms with E-state index >= 15 is 0 Å². The van der Waals surface area contributed by atoms with Crippen LogP contribution in [0, 0.1) is 11.6 Å². The van der Waals surface area contributed by atoms with Gasteiger partial charge in [-0.25, -0.2) is 13.6 Å². The summed E-state index contributed by atoms with van der Waals surface area (Å²) in [5.41, 5.74) is 0.381. The first-order valence-corrected chi connectivity index (χ1v) is 9.09. The first-order valence-electron chi connectivity index (χ1n) is 7.90. The Morgan fingerprint density at radius 3 is 2.63 bits per heavy atom. The number of thiazole rings is 1. The molecule has 1 aromatic heterocycles. The number of carbonyl (C=O) groups is 2. The number of halogens is 3. The number of carbonyl (C=O) groups excluding carboxylic acids is 1. The molecule has 1 atom stereocenters. The fraction of sp³-hybridized carbons (Fsp3) is 0.167. The number of nitrogens with zero attached hydrogens (tertiary/aromatic N) is 2. The van der Waals surface area contributed by atoms with Crippen molar-refractivity contribution < 1.29 is 23.5 Å². The zero-order valence-corrected chi connectivity index (χ0v) is 15.5. The second-order valence-corrected chi connectivity index (χ2v) is 7.04. The quantitative estimate of drug-likeness (QED) is 0.692. The molecule has 27 heavy (non-hydrogen) atoms. The summed E-state index contributed by atoms with van der Waals surface area (Å²) < 4.78 is 28.5. The molecule has 1 amide bonds. The van der Waals surface area contributed by atoms with Crippen molar-refractivity contribution in [3.63, 3.8) is 0 Å². The molecule has 140 valence electrons. The van der Waals surface area contributed by atoms with Crippen LogP contribution in [-0.2, 0) is 4.79 Å². The van der Waals surface area contributed by atoms with Gasteiger partial charge in [0.1, 0.15) is 6.04 Å². The van der Waals surface area contributed by atoms with Crippen LogP contribution in [0.2, 0.25) is 5.02 Å².